The van der Waals surface area contributed by atoms with Crippen molar-refractivity contribution in [1.82, 2.24) is 29.1 Å². The van der Waals surface area contributed by atoms with E-state index in [9.17, 15) is 0 Å². The van der Waals surface area contributed by atoms with Gasteiger partial charge in [-0.25, -0.2) is 9.97 Å². The number of pyridine rings is 4. The van der Waals surface area contributed by atoms with Gasteiger partial charge in [0.1, 0.15) is 0 Å². The van der Waals surface area contributed by atoms with Gasteiger partial charge >= 0.3 is 0 Å². The Morgan fingerprint density at radius 2 is 0.662 bits per heavy atom. The fourth-order valence-electron chi connectivity index (χ4n) is 11.2. The lowest BCUT2D eigenvalue weighted by Gasteiger charge is -2.25. The van der Waals surface area contributed by atoms with Gasteiger partial charge in [-0.3, -0.25) is 9.97 Å². The molecule has 8 aromatic carbocycles. The average molecular weight is 989 g/mol. The molecular formula is C68H44N8O. The number of benzene rings is 8. The first kappa shape index (κ1) is 43.9. The monoisotopic (exact) mass is 988 g/mol. The van der Waals surface area contributed by atoms with Crippen molar-refractivity contribution in [2.75, 3.05) is 9.80 Å². The van der Waals surface area contributed by atoms with Crippen LogP contribution in [-0.2, 0) is 0 Å². The van der Waals surface area contributed by atoms with Crippen molar-refractivity contribution in [3.8, 4) is 33.9 Å². The summed E-state index contributed by atoms with van der Waals surface area (Å²) in [5, 5.41) is 6.27. The normalized spacial score (nSPS) is 11.6. The number of anilines is 6. The van der Waals surface area contributed by atoms with Crippen LogP contribution in [0.2, 0.25) is 0 Å². The van der Waals surface area contributed by atoms with Crippen LogP contribution in [0.3, 0.4) is 0 Å². The SMILES string of the molecule is c1ccc(N(c2ccccc2)c2ccc3c(c2)c2cnccc2n3-c2ccc(-c3ccc4c(n3)oc3nc(-c5ccc(-n6c7ccncc7c7cc(N(c8ccccc8)c8ccccc8)ccc76)cc5)ccc34)cc2)cc1. The lowest BCUT2D eigenvalue weighted by molar-refractivity contribution is 0.641. The molecule has 77 heavy (non-hydrogen) atoms. The zero-order valence-electron chi connectivity index (χ0n) is 41.4. The first-order chi connectivity index (χ1) is 38.2. The molecule has 0 aliphatic carbocycles. The molecular weight excluding hydrogens is 945 g/mol. The molecule has 0 aliphatic heterocycles. The molecule has 0 amide bonds. The zero-order chi connectivity index (χ0) is 50.8. The highest BCUT2D eigenvalue weighted by atomic mass is 16.3. The fraction of sp³-hybridized carbons (Fsp3) is 0. The molecule has 0 fully saturated rings. The van der Waals surface area contributed by atoms with E-state index in [4.69, 9.17) is 14.4 Å². The van der Waals surface area contributed by atoms with Gasteiger partial charge in [0.05, 0.1) is 33.5 Å². The molecule has 0 aliphatic rings. The molecule has 0 radical (unpaired) electrons. The van der Waals surface area contributed by atoms with Crippen molar-refractivity contribution in [2.24, 2.45) is 0 Å². The summed E-state index contributed by atoms with van der Waals surface area (Å²) in [6.45, 7) is 0. The number of rotatable bonds is 10. The fourth-order valence-corrected chi connectivity index (χ4v) is 11.2. The van der Waals surface area contributed by atoms with E-state index in [-0.39, 0.29) is 0 Å². The highest BCUT2D eigenvalue weighted by molar-refractivity contribution is 6.12. The third-order valence-corrected chi connectivity index (χ3v) is 14.7. The van der Waals surface area contributed by atoms with Crippen molar-refractivity contribution in [2.45, 2.75) is 0 Å². The van der Waals surface area contributed by atoms with Crippen molar-refractivity contribution in [3.63, 3.8) is 0 Å². The van der Waals surface area contributed by atoms with Crippen LogP contribution in [0.15, 0.2) is 272 Å². The summed E-state index contributed by atoms with van der Waals surface area (Å²) in [6.07, 6.45) is 7.66. The minimum absolute atomic E-state index is 0.548. The van der Waals surface area contributed by atoms with Gasteiger partial charge in [0.15, 0.2) is 0 Å². The molecule has 15 rings (SSSR count). The van der Waals surface area contributed by atoms with E-state index in [1.165, 1.54) is 0 Å². The summed E-state index contributed by atoms with van der Waals surface area (Å²) in [6, 6.07) is 85.0. The molecule has 0 spiro atoms. The van der Waals surface area contributed by atoms with Gasteiger partial charge in [-0.1, -0.05) is 97.1 Å². The Labute approximate surface area is 442 Å². The minimum atomic E-state index is 0.548. The number of hydrogen-bond donors (Lipinski definition) is 0. The Kier molecular flexibility index (Phi) is 10.3. The highest BCUT2D eigenvalue weighted by Crippen LogP contribution is 2.42. The molecule has 9 nitrogen and oxygen atoms in total. The Hall–Kier alpha value is -10.6. The molecule has 7 heterocycles. The van der Waals surface area contributed by atoms with E-state index in [0.717, 1.165) is 122 Å². The van der Waals surface area contributed by atoms with Crippen molar-refractivity contribution in [1.29, 1.82) is 0 Å². The van der Waals surface area contributed by atoms with Crippen molar-refractivity contribution < 1.29 is 4.42 Å². The maximum Gasteiger partial charge on any atom is 0.230 e. The molecule has 362 valence electrons. The van der Waals surface area contributed by atoms with Crippen LogP contribution >= 0.6 is 0 Å². The first-order valence-electron chi connectivity index (χ1n) is 25.7. The van der Waals surface area contributed by atoms with Gasteiger partial charge < -0.3 is 23.4 Å². The molecule has 9 heteroatoms. The molecule has 7 aromatic heterocycles. The van der Waals surface area contributed by atoms with Crippen LogP contribution in [0, 0.1) is 0 Å². The van der Waals surface area contributed by atoms with Gasteiger partial charge in [-0.2, -0.15) is 0 Å². The second-order valence-electron chi connectivity index (χ2n) is 19.2. The first-order valence-corrected chi connectivity index (χ1v) is 25.7. The predicted octanol–water partition coefficient (Wildman–Crippen LogP) is 17.6. The number of aromatic nitrogens is 6. The van der Waals surface area contributed by atoms with Gasteiger partial charge in [0.25, 0.3) is 0 Å². The topological polar surface area (TPSA) is 81.0 Å². The minimum Gasteiger partial charge on any atom is -0.419 e. The summed E-state index contributed by atoms with van der Waals surface area (Å²) in [4.78, 5) is 23.8. The molecule has 15 aromatic rings. The quantitative estimate of drug-likeness (QED) is 0.135. The van der Waals surface area contributed by atoms with E-state index >= 15 is 0 Å². The third-order valence-electron chi connectivity index (χ3n) is 14.7. The lowest BCUT2D eigenvalue weighted by Crippen LogP contribution is -2.09. The smallest absolute Gasteiger partial charge is 0.230 e. The third kappa shape index (κ3) is 7.47. The van der Waals surface area contributed by atoms with E-state index in [1.807, 2.05) is 24.8 Å². The molecule has 0 unspecified atom stereocenters. The summed E-state index contributed by atoms with van der Waals surface area (Å²) >= 11 is 0. The number of hydrogen-bond acceptors (Lipinski definition) is 7. The Morgan fingerprint density at radius 1 is 0.299 bits per heavy atom. The van der Waals surface area contributed by atoms with Gasteiger partial charge in [0.2, 0.25) is 11.4 Å². The van der Waals surface area contributed by atoms with Crippen LogP contribution in [0.5, 0.6) is 0 Å². The van der Waals surface area contributed by atoms with E-state index < -0.39 is 0 Å². The largest absolute Gasteiger partial charge is 0.419 e. The summed E-state index contributed by atoms with van der Waals surface area (Å²) in [5.74, 6) is 0. The summed E-state index contributed by atoms with van der Waals surface area (Å²) in [5.41, 5.74) is 17.7. The van der Waals surface area contributed by atoms with E-state index in [1.54, 1.807) is 0 Å². The Morgan fingerprint density at radius 3 is 1.04 bits per heavy atom. The van der Waals surface area contributed by atoms with Gasteiger partial charge in [-0.05, 0) is 146 Å². The maximum absolute atomic E-state index is 6.45. The number of fused-ring (bicyclic) bond motifs is 9. The summed E-state index contributed by atoms with van der Waals surface area (Å²) < 4.78 is 11.1. The number of para-hydroxylation sites is 4. The van der Waals surface area contributed by atoms with Gasteiger partial charge in [0, 0.05) is 114 Å². The number of nitrogens with zero attached hydrogens (tertiary/aromatic N) is 8. The molecule has 0 N–H and O–H groups in total. The van der Waals surface area contributed by atoms with Crippen LogP contribution in [-0.4, -0.2) is 29.1 Å². The lowest BCUT2D eigenvalue weighted by atomic mass is 10.1. The average Bonchev–Trinajstić information content (AvgIpc) is 4.19. The Bertz CT molecular complexity index is 4290. The van der Waals surface area contributed by atoms with E-state index in [2.05, 4.69) is 272 Å². The van der Waals surface area contributed by atoms with Crippen LogP contribution in [0.25, 0.3) is 99.7 Å². The maximum atomic E-state index is 6.45. The second-order valence-corrected chi connectivity index (χ2v) is 19.2. The molecule has 0 bridgehead atoms. The molecule has 0 atom stereocenters. The zero-order valence-corrected chi connectivity index (χ0v) is 41.4. The predicted molar refractivity (Wildman–Crippen MR) is 314 cm³/mol. The van der Waals surface area contributed by atoms with Crippen LogP contribution in [0.1, 0.15) is 0 Å². The van der Waals surface area contributed by atoms with Crippen LogP contribution in [0.4, 0.5) is 34.1 Å². The van der Waals surface area contributed by atoms with Crippen molar-refractivity contribution >= 4 is 99.9 Å². The van der Waals surface area contributed by atoms with Gasteiger partial charge in [-0.15, -0.1) is 0 Å². The van der Waals surface area contributed by atoms with Crippen molar-refractivity contribution in [3.05, 3.63) is 267 Å². The molecule has 0 saturated carbocycles. The highest BCUT2D eigenvalue weighted by Gasteiger charge is 2.21. The van der Waals surface area contributed by atoms with E-state index in [0.29, 0.717) is 11.4 Å². The van der Waals surface area contributed by atoms with Crippen LogP contribution < -0.4 is 9.80 Å². The Balaban J connectivity index is 0.725. The number of furan rings is 1. The second kappa shape index (κ2) is 18.1. The standard InChI is InChI=1S/C68H44N8O/c1-5-13-47(14-6-1)73(48-15-7-2-8-16-48)53-29-35-63-57(41-53)59-43-69-39-37-65(59)75(63)51-25-21-45(22-26-51)61-33-31-55-56-32-34-62(72-68(56)77-67(55)71-61)46-23-27-52(28-24-46)76-64-36-30-54(42-58(64)60-44-70-40-38-66(60)76)74(49-17-9-3-10-18-49)50-19-11-4-12-20-50/h1-44H. The summed E-state index contributed by atoms with van der Waals surface area (Å²) in [7, 11) is 0. The molecule has 0 saturated heterocycles.